The molecule has 3 aromatic rings. The molecule has 1 aromatic carbocycles. The van der Waals surface area contributed by atoms with Crippen molar-refractivity contribution in [2.24, 2.45) is 7.05 Å². The summed E-state index contributed by atoms with van der Waals surface area (Å²) in [5.74, 6) is -0.636. The number of nitrogens with zero attached hydrogens (tertiary/aromatic N) is 3. The smallest absolute Gasteiger partial charge is 0.408 e. The third-order valence-electron chi connectivity index (χ3n) is 5.02. The van der Waals surface area contributed by atoms with Crippen LogP contribution in [-0.4, -0.2) is 40.8 Å². The summed E-state index contributed by atoms with van der Waals surface area (Å²) in [6, 6.07) is 7.58. The number of pyridine rings is 1. The highest BCUT2D eigenvalue weighted by Gasteiger charge is 2.31. The molecule has 0 spiro atoms. The van der Waals surface area contributed by atoms with Gasteiger partial charge >= 0.3 is 5.76 Å². The van der Waals surface area contributed by atoms with Crippen molar-refractivity contribution in [3.63, 3.8) is 0 Å². The van der Waals surface area contributed by atoms with Crippen LogP contribution in [0.15, 0.2) is 56.8 Å². The molecule has 0 saturated carbocycles. The number of fused-ring (bicyclic) bond motifs is 1. The topological polar surface area (TPSA) is 115 Å². The number of hydrogen-bond acceptors (Lipinski definition) is 6. The van der Waals surface area contributed by atoms with E-state index in [0.29, 0.717) is 23.9 Å². The second-order valence-corrected chi connectivity index (χ2v) is 8.95. The van der Waals surface area contributed by atoms with E-state index in [-0.39, 0.29) is 29.9 Å². The van der Waals surface area contributed by atoms with E-state index in [1.165, 1.54) is 34.1 Å². The van der Waals surface area contributed by atoms with E-state index in [2.05, 4.69) is 10.3 Å². The fourth-order valence-electron chi connectivity index (χ4n) is 3.42. The molecular formula is C19H20N4O5S. The first-order chi connectivity index (χ1) is 13.8. The third kappa shape index (κ3) is 3.81. The summed E-state index contributed by atoms with van der Waals surface area (Å²) in [5, 5.41) is 2.82. The predicted molar refractivity (Wildman–Crippen MR) is 104 cm³/mol. The molecule has 4 rings (SSSR count). The zero-order valence-corrected chi connectivity index (χ0v) is 16.6. The molecule has 1 atom stereocenters. The Bertz CT molecular complexity index is 1220. The van der Waals surface area contributed by atoms with E-state index in [1.54, 1.807) is 24.5 Å². The highest BCUT2D eigenvalue weighted by Crippen LogP contribution is 2.24. The molecule has 152 valence electrons. The Morgan fingerprint density at radius 3 is 2.69 bits per heavy atom. The fraction of sp³-hybridized carbons (Fsp3) is 0.316. The molecule has 9 nitrogen and oxygen atoms in total. The molecule has 29 heavy (non-hydrogen) atoms. The molecule has 2 aromatic heterocycles. The summed E-state index contributed by atoms with van der Waals surface area (Å²) in [7, 11) is -2.38. The maximum atomic E-state index is 13.4. The summed E-state index contributed by atoms with van der Waals surface area (Å²) in [6.45, 7) is 0.290. The predicted octanol–water partition coefficient (Wildman–Crippen LogP) is 0.996. The van der Waals surface area contributed by atoms with Gasteiger partial charge in [-0.05, 0) is 42.3 Å². The molecule has 3 heterocycles. The average Bonchev–Trinajstić information content (AvgIpc) is 3.24. The van der Waals surface area contributed by atoms with Crippen molar-refractivity contribution < 1.29 is 17.6 Å². The Morgan fingerprint density at radius 2 is 2.00 bits per heavy atom. The van der Waals surface area contributed by atoms with Gasteiger partial charge in [-0.3, -0.25) is 14.3 Å². The lowest BCUT2D eigenvalue weighted by atomic mass is 10.2. The van der Waals surface area contributed by atoms with Crippen molar-refractivity contribution in [1.82, 2.24) is 19.2 Å². The van der Waals surface area contributed by atoms with Crippen LogP contribution in [0.1, 0.15) is 18.4 Å². The molecule has 1 amide bonds. The molecule has 1 aliphatic rings. The Balaban J connectivity index is 1.72. The van der Waals surface area contributed by atoms with E-state index >= 15 is 0 Å². The maximum Gasteiger partial charge on any atom is 0.419 e. The number of aryl methyl sites for hydroxylation is 1. The number of nitrogens with one attached hydrogen (secondary N) is 1. The van der Waals surface area contributed by atoms with E-state index in [9.17, 15) is 18.0 Å². The fourth-order valence-corrected chi connectivity index (χ4v) is 4.91. The van der Waals surface area contributed by atoms with Gasteiger partial charge in [0.25, 0.3) is 0 Å². The molecule has 0 aliphatic carbocycles. The van der Waals surface area contributed by atoms with E-state index in [0.717, 1.165) is 5.56 Å². The highest BCUT2D eigenvalue weighted by atomic mass is 32.2. The van der Waals surface area contributed by atoms with Gasteiger partial charge < -0.3 is 9.73 Å². The lowest BCUT2D eigenvalue weighted by Crippen LogP contribution is -2.41. The van der Waals surface area contributed by atoms with E-state index in [1.807, 2.05) is 0 Å². The summed E-state index contributed by atoms with van der Waals surface area (Å²) in [6.07, 6.45) is 4.17. The van der Waals surface area contributed by atoms with Gasteiger partial charge in [0.2, 0.25) is 15.9 Å². The standard InChI is InChI=1S/C19H20N4O5S/c1-22-16-10-15(3-4-17(16)28-19(22)25)29(26,27)23(11-13-6-8-20-9-7-13)12-14-2-5-18(24)21-14/h3-4,6-10,14H,2,5,11-12H2,1H3,(H,21,24)/t14-/m0/s1. The van der Waals surface area contributed by atoms with Crippen LogP contribution in [0.25, 0.3) is 11.1 Å². The first-order valence-corrected chi connectivity index (χ1v) is 10.6. The number of carbonyl (C=O) groups excluding carboxylic acids is 1. The van der Waals surface area contributed by atoms with Gasteiger partial charge in [-0.1, -0.05) is 0 Å². The van der Waals surface area contributed by atoms with Crippen molar-refractivity contribution in [2.45, 2.75) is 30.3 Å². The molecule has 1 fully saturated rings. The summed E-state index contributed by atoms with van der Waals surface area (Å²) in [5.41, 5.74) is 1.50. The second-order valence-electron chi connectivity index (χ2n) is 7.01. The van der Waals surface area contributed by atoms with Gasteiger partial charge in [0.15, 0.2) is 5.58 Å². The number of amides is 1. The summed E-state index contributed by atoms with van der Waals surface area (Å²) < 4.78 is 34.6. The number of aromatic nitrogens is 2. The van der Waals surface area contributed by atoms with Gasteiger partial charge in [0.05, 0.1) is 10.4 Å². The van der Waals surface area contributed by atoms with Crippen LogP contribution in [0.5, 0.6) is 0 Å². The molecule has 10 heteroatoms. The zero-order chi connectivity index (χ0) is 20.6. The number of oxazole rings is 1. The van der Waals surface area contributed by atoms with Crippen LogP contribution < -0.4 is 11.1 Å². The monoisotopic (exact) mass is 416 g/mol. The second kappa shape index (κ2) is 7.45. The largest absolute Gasteiger partial charge is 0.419 e. The zero-order valence-electron chi connectivity index (χ0n) is 15.7. The quantitative estimate of drug-likeness (QED) is 0.641. The Hall–Kier alpha value is -2.98. The number of benzene rings is 1. The first-order valence-electron chi connectivity index (χ1n) is 9.12. The van der Waals surface area contributed by atoms with E-state index < -0.39 is 15.8 Å². The van der Waals surface area contributed by atoms with Crippen molar-refractivity contribution in [2.75, 3.05) is 6.54 Å². The SMILES string of the molecule is Cn1c(=O)oc2ccc(S(=O)(=O)N(Cc3ccncc3)C[C@@H]3CCC(=O)N3)cc21. The minimum absolute atomic E-state index is 0.0554. The van der Waals surface area contributed by atoms with Crippen molar-refractivity contribution in [3.05, 3.63) is 58.8 Å². The number of carbonyl (C=O) groups is 1. The third-order valence-corrected chi connectivity index (χ3v) is 6.83. The molecular weight excluding hydrogens is 396 g/mol. The van der Waals surface area contributed by atoms with Crippen molar-refractivity contribution in [3.8, 4) is 0 Å². The molecule has 1 N–H and O–H groups in total. The minimum Gasteiger partial charge on any atom is -0.408 e. The van der Waals surface area contributed by atoms with Gasteiger partial charge in [-0.15, -0.1) is 0 Å². The lowest BCUT2D eigenvalue weighted by molar-refractivity contribution is -0.119. The van der Waals surface area contributed by atoms with Crippen molar-refractivity contribution in [1.29, 1.82) is 0 Å². The number of rotatable bonds is 6. The van der Waals surface area contributed by atoms with Crippen LogP contribution in [0.4, 0.5) is 0 Å². The highest BCUT2D eigenvalue weighted by molar-refractivity contribution is 7.89. The Morgan fingerprint density at radius 1 is 1.24 bits per heavy atom. The molecule has 1 aliphatic heterocycles. The van der Waals surface area contributed by atoms with Gasteiger partial charge in [-0.2, -0.15) is 4.31 Å². The van der Waals surface area contributed by atoms with Crippen molar-refractivity contribution >= 4 is 27.0 Å². The average molecular weight is 416 g/mol. The maximum absolute atomic E-state index is 13.4. The minimum atomic E-state index is -3.90. The Labute approximate surface area is 167 Å². The first kappa shape index (κ1) is 19.3. The molecule has 0 bridgehead atoms. The van der Waals surface area contributed by atoms with Gasteiger partial charge in [0, 0.05) is 45.0 Å². The Kier molecular flexibility index (Phi) is 4.97. The van der Waals surface area contributed by atoms with Crippen LogP contribution in [0.2, 0.25) is 0 Å². The van der Waals surface area contributed by atoms with Crippen LogP contribution >= 0.6 is 0 Å². The number of sulfonamides is 1. The van der Waals surface area contributed by atoms with Crippen LogP contribution in [0, 0.1) is 0 Å². The van der Waals surface area contributed by atoms with Crippen LogP contribution in [-0.2, 0) is 28.4 Å². The summed E-state index contributed by atoms with van der Waals surface area (Å²) >= 11 is 0. The lowest BCUT2D eigenvalue weighted by Gasteiger charge is -2.25. The normalized spacial score (nSPS) is 17.2. The number of hydrogen-bond donors (Lipinski definition) is 1. The summed E-state index contributed by atoms with van der Waals surface area (Å²) in [4.78, 5) is 27.3. The van der Waals surface area contributed by atoms with Gasteiger partial charge in [-0.25, -0.2) is 13.2 Å². The van der Waals surface area contributed by atoms with E-state index in [4.69, 9.17) is 4.42 Å². The molecule has 0 radical (unpaired) electrons. The molecule has 1 saturated heterocycles. The molecule has 0 unspecified atom stereocenters. The van der Waals surface area contributed by atoms with Crippen LogP contribution in [0.3, 0.4) is 0 Å². The van der Waals surface area contributed by atoms with Gasteiger partial charge in [0.1, 0.15) is 0 Å².